The summed E-state index contributed by atoms with van der Waals surface area (Å²) >= 11 is 11.1. The molecule has 3 nitrogen and oxygen atoms in total. The van der Waals surface area contributed by atoms with Crippen molar-refractivity contribution in [2.75, 3.05) is 0 Å². The highest BCUT2D eigenvalue weighted by molar-refractivity contribution is 8.02. The van der Waals surface area contributed by atoms with Crippen molar-refractivity contribution in [2.24, 2.45) is 4.76 Å². The lowest BCUT2D eigenvalue weighted by Crippen LogP contribution is -2.21. The van der Waals surface area contributed by atoms with Gasteiger partial charge in [-0.05, 0) is 13.0 Å². The maximum atomic E-state index is 5.55. The third-order valence-electron chi connectivity index (χ3n) is 1.30. The topological polar surface area (TPSA) is 30.2 Å². The minimum atomic E-state index is -1.31. The van der Waals surface area contributed by atoms with Gasteiger partial charge in [0.05, 0.1) is 0 Å². The maximum Gasteiger partial charge on any atom is 0.230 e. The zero-order chi connectivity index (χ0) is 8.97. The predicted molar refractivity (Wildman–Crippen MR) is 52.1 cm³/mol. The van der Waals surface area contributed by atoms with Crippen LogP contribution in [0.25, 0.3) is 0 Å². The van der Waals surface area contributed by atoms with Crippen LogP contribution >= 0.6 is 29.3 Å². The number of hydrogen-bond acceptors (Lipinski definition) is 2. The average Bonchev–Trinajstić information content (AvgIpc) is 2.04. The van der Waals surface area contributed by atoms with Crippen LogP contribution in [0.4, 0.5) is 0 Å². The summed E-state index contributed by atoms with van der Waals surface area (Å²) in [4.78, 5) is 4.03. The SMILES string of the molecule is CCn1cccnc1=NP(Cl)Cl. The van der Waals surface area contributed by atoms with Gasteiger partial charge in [0.2, 0.25) is 12.4 Å². The van der Waals surface area contributed by atoms with Gasteiger partial charge < -0.3 is 4.57 Å². The molecule has 0 atom stereocenters. The summed E-state index contributed by atoms with van der Waals surface area (Å²) in [5.41, 5.74) is 0.580. The van der Waals surface area contributed by atoms with Crippen molar-refractivity contribution in [1.82, 2.24) is 9.55 Å². The van der Waals surface area contributed by atoms with Crippen molar-refractivity contribution in [2.45, 2.75) is 13.5 Å². The molecule has 0 radical (unpaired) electrons. The van der Waals surface area contributed by atoms with Crippen LogP contribution in [0, 0.1) is 0 Å². The van der Waals surface area contributed by atoms with E-state index in [-0.39, 0.29) is 0 Å². The summed E-state index contributed by atoms with van der Waals surface area (Å²) < 4.78 is 5.85. The van der Waals surface area contributed by atoms with Crippen molar-refractivity contribution in [1.29, 1.82) is 0 Å². The van der Waals surface area contributed by atoms with Crippen LogP contribution in [0.2, 0.25) is 0 Å². The van der Waals surface area contributed by atoms with E-state index in [2.05, 4.69) is 9.75 Å². The van der Waals surface area contributed by atoms with Crippen molar-refractivity contribution in [3.8, 4) is 0 Å². The van der Waals surface area contributed by atoms with Gasteiger partial charge in [0.25, 0.3) is 0 Å². The van der Waals surface area contributed by atoms with E-state index in [0.717, 1.165) is 6.54 Å². The molecule has 6 heteroatoms. The minimum Gasteiger partial charge on any atom is -0.317 e. The van der Waals surface area contributed by atoms with Gasteiger partial charge in [-0.25, -0.2) is 4.98 Å². The zero-order valence-electron chi connectivity index (χ0n) is 6.48. The summed E-state index contributed by atoms with van der Waals surface area (Å²) in [6.45, 7) is 1.50. The predicted octanol–water partition coefficient (Wildman–Crippen LogP) is 2.51. The van der Waals surface area contributed by atoms with E-state index in [0.29, 0.717) is 5.62 Å². The summed E-state index contributed by atoms with van der Waals surface area (Å²) in [5.74, 6) is 0. The molecule has 1 rings (SSSR count). The van der Waals surface area contributed by atoms with E-state index in [1.165, 1.54) is 0 Å². The molecule has 66 valence electrons. The Hall–Kier alpha value is -0.110. The number of aryl methyl sites for hydroxylation is 1. The second-order valence-electron chi connectivity index (χ2n) is 2.02. The molecular formula is C6H8Cl2N3P. The van der Waals surface area contributed by atoms with Gasteiger partial charge in [-0.1, -0.05) is 22.5 Å². The van der Waals surface area contributed by atoms with Crippen LogP contribution in [-0.4, -0.2) is 9.55 Å². The molecule has 0 amide bonds. The highest BCUT2D eigenvalue weighted by Gasteiger charge is 1.95. The highest BCUT2D eigenvalue weighted by Crippen LogP contribution is 2.47. The Kier molecular flexibility index (Phi) is 3.99. The summed E-state index contributed by atoms with van der Waals surface area (Å²) in [7, 11) is 0. The Morgan fingerprint density at radius 2 is 2.42 bits per heavy atom. The molecule has 1 aromatic heterocycles. The van der Waals surface area contributed by atoms with Gasteiger partial charge in [0, 0.05) is 18.9 Å². The number of rotatable bonds is 2. The van der Waals surface area contributed by atoms with Crippen molar-refractivity contribution < 1.29 is 0 Å². The molecule has 0 N–H and O–H groups in total. The van der Waals surface area contributed by atoms with E-state index in [1.54, 1.807) is 6.20 Å². The van der Waals surface area contributed by atoms with Gasteiger partial charge >= 0.3 is 0 Å². The quantitative estimate of drug-likeness (QED) is 0.709. The highest BCUT2D eigenvalue weighted by atomic mass is 35.9. The summed E-state index contributed by atoms with van der Waals surface area (Å²) in [6, 6.07) is 1.84. The van der Waals surface area contributed by atoms with E-state index < -0.39 is 6.78 Å². The van der Waals surface area contributed by atoms with Gasteiger partial charge in [-0.3, -0.25) is 0 Å². The lowest BCUT2D eigenvalue weighted by molar-refractivity contribution is 0.686. The van der Waals surface area contributed by atoms with Gasteiger partial charge in [0.15, 0.2) is 0 Å². The van der Waals surface area contributed by atoms with Crippen LogP contribution in [-0.2, 0) is 6.54 Å². The fourth-order valence-corrected chi connectivity index (χ4v) is 1.50. The molecule has 0 aromatic carbocycles. The molecular weight excluding hydrogens is 216 g/mol. The van der Waals surface area contributed by atoms with Gasteiger partial charge in [-0.2, -0.15) is 4.76 Å². The van der Waals surface area contributed by atoms with Crippen LogP contribution in [0.15, 0.2) is 23.2 Å². The monoisotopic (exact) mass is 223 g/mol. The Balaban J connectivity index is 3.13. The number of nitrogens with zero attached hydrogens (tertiary/aromatic N) is 3. The van der Waals surface area contributed by atoms with Crippen molar-refractivity contribution >= 4 is 29.3 Å². The van der Waals surface area contributed by atoms with E-state index >= 15 is 0 Å². The summed E-state index contributed by atoms with van der Waals surface area (Å²) in [5, 5.41) is 0. The first-order chi connectivity index (χ1) is 5.74. The Morgan fingerprint density at radius 1 is 1.67 bits per heavy atom. The normalized spacial score (nSPS) is 12.5. The number of halogens is 2. The van der Waals surface area contributed by atoms with Crippen molar-refractivity contribution in [3.63, 3.8) is 0 Å². The molecule has 12 heavy (non-hydrogen) atoms. The third kappa shape index (κ3) is 2.74. The molecule has 0 aliphatic heterocycles. The molecule has 0 spiro atoms. The van der Waals surface area contributed by atoms with Crippen LogP contribution in [0.3, 0.4) is 0 Å². The molecule has 0 saturated carbocycles. The molecule has 0 fully saturated rings. The molecule has 1 heterocycles. The molecule has 0 aliphatic rings. The molecule has 0 aliphatic carbocycles. The fraction of sp³-hybridized carbons (Fsp3) is 0.333. The first-order valence-electron chi connectivity index (χ1n) is 3.42. The van der Waals surface area contributed by atoms with Crippen LogP contribution < -0.4 is 5.62 Å². The van der Waals surface area contributed by atoms with E-state index in [9.17, 15) is 0 Å². The average molecular weight is 224 g/mol. The third-order valence-corrected chi connectivity index (χ3v) is 2.09. The van der Waals surface area contributed by atoms with Crippen LogP contribution in [0.1, 0.15) is 6.92 Å². The molecule has 0 saturated heterocycles. The standard InChI is InChI=1S/C6H8Cl2N3P/c1-2-11-5-3-4-9-6(11)10-12(7)8/h3-5H,2H2,1H3. The molecule has 0 bridgehead atoms. The lowest BCUT2D eigenvalue weighted by atomic mass is 10.6. The van der Waals surface area contributed by atoms with E-state index in [1.807, 2.05) is 23.8 Å². The zero-order valence-corrected chi connectivity index (χ0v) is 8.89. The Morgan fingerprint density at radius 3 is 3.00 bits per heavy atom. The molecule has 0 unspecified atom stereocenters. The van der Waals surface area contributed by atoms with E-state index in [4.69, 9.17) is 22.5 Å². The van der Waals surface area contributed by atoms with Gasteiger partial charge in [-0.15, -0.1) is 0 Å². The van der Waals surface area contributed by atoms with Crippen molar-refractivity contribution in [3.05, 3.63) is 24.1 Å². The second kappa shape index (κ2) is 4.80. The van der Waals surface area contributed by atoms with Gasteiger partial charge in [0.1, 0.15) is 0 Å². The number of hydrogen-bond donors (Lipinski definition) is 0. The minimum absolute atomic E-state index is 0.580. The lowest BCUT2D eigenvalue weighted by Gasteiger charge is -2.00. The Labute approximate surface area is 81.5 Å². The first-order valence-corrected chi connectivity index (χ1v) is 6.52. The maximum absolute atomic E-state index is 5.55. The Bertz CT molecular complexity index is 310. The van der Waals surface area contributed by atoms with Crippen LogP contribution in [0.5, 0.6) is 0 Å². The first kappa shape index (κ1) is 9.97. The largest absolute Gasteiger partial charge is 0.317 e. The fourth-order valence-electron chi connectivity index (χ4n) is 0.791. The number of aromatic nitrogens is 2. The molecule has 1 aromatic rings. The summed E-state index contributed by atoms with van der Waals surface area (Å²) in [6.07, 6.45) is 3.55. The smallest absolute Gasteiger partial charge is 0.230 e. The second-order valence-corrected chi connectivity index (χ2v) is 5.09.